The summed E-state index contributed by atoms with van der Waals surface area (Å²) in [6, 6.07) is 3.79. The number of aliphatic hydroxyl groups excluding tert-OH is 1. The molecule has 3 atom stereocenters. The third-order valence-electron chi connectivity index (χ3n) is 6.28. The highest BCUT2D eigenvalue weighted by Gasteiger charge is 2.36. The molecule has 0 spiro atoms. The Morgan fingerprint density at radius 1 is 0.677 bits per heavy atom. The molecule has 2 aromatic rings. The van der Waals surface area contributed by atoms with Crippen LogP contribution in [0.4, 0.5) is 0 Å². The summed E-state index contributed by atoms with van der Waals surface area (Å²) in [7, 11) is 9.46. The summed E-state index contributed by atoms with van der Waals surface area (Å²) in [5.74, 6) is 3.13. The fourth-order valence-electron chi connectivity index (χ4n) is 4.44. The van der Waals surface area contributed by atoms with Crippen molar-refractivity contribution in [3.8, 4) is 45.6 Å². The first kappa shape index (κ1) is 22.9. The first-order chi connectivity index (χ1) is 14.9. The van der Waals surface area contributed by atoms with Crippen LogP contribution >= 0.6 is 0 Å². The molecule has 7 nitrogen and oxygen atoms in total. The third-order valence-corrected chi connectivity index (χ3v) is 6.28. The van der Waals surface area contributed by atoms with Crippen molar-refractivity contribution in [1.29, 1.82) is 0 Å². The fourth-order valence-corrected chi connectivity index (χ4v) is 4.44. The van der Waals surface area contributed by atoms with Crippen molar-refractivity contribution in [2.24, 2.45) is 11.8 Å². The highest BCUT2D eigenvalue weighted by molar-refractivity contribution is 5.88. The second kappa shape index (κ2) is 9.14. The van der Waals surface area contributed by atoms with E-state index in [1.807, 2.05) is 19.1 Å². The smallest absolute Gasteiger partial charge is 0.203 e. The van der Waals surface area contributed by atoms with Gasteiger partial charge in [0.05, 0.1) is 48.8 Å². The molecule has 0 aromatic heterocycles. The van der Waals surface area contributed by atoms with Crippen molar-refractivity contribution >= 4 is 0 Å². The van der Waals surface area contributed by atoms with E-state index in [4.69, 9.17) is 28.4 Å². The number of rotatable bonds is 6. The molecule has 31 heavy (non-hydrogen) atoms. The topological polar surface area (TPSA) is 75.6 Å². The van der Waals surface area contributed by atoms with Crippen molar-refractivity contribution in [3.63, 3.8) is 0 Å². The van der Waals surface area contributed by atoms with Gasteiger partial charge >= 0.3 is 0 Å². The third kappa shape index (κ3) is 3.61. The van der Waals surface area contributed by atoms with Gasteiger partial charge in [-0.15, -0.1) is 0 Å². The van der Waals surface area contributed by atoms with Gasteiger partial charge in [-0.05, 0) is 41.5 Å². The zero-order valence-corrected chi connectivity index (χ0v) is 19.5. The average Bonchev–Trinajstić information content (AvgIpc) is 2.79. The van der Waals surface area contributed by atoms with Gasteiger partial charge in [-0.1, -0.05) is 13.8 Å². The SMILES string of the molecule is COc1cc2c(c(OC)c1OC)-c1c(cc(OC)c(OC)c1OC)[C@@H](O)[C@@H](C)[C@@H](C)C2. The minimum atomic E-state index is -0.746. The molecule has 0 radical (unpaired) electrons. The predicted octanol–water partition coefficient (Wildman–Crippen LogP) is 4.27. The molecule has 0 amide bonds. The lowest BCUT2D eigenvalue weighted by atomic mass is 9.76. The summed E-state index contributed by atoms with van der Waals surface area (Å²) >= 11 is 0. The van der Waals surface area contributed by atoms with E-state index in [0.717, 1.165) is 11.1 Å². The molecule has 0 unspecified atom stereocenters. The van der Waals surface area contributed by atoms with Crippen molar-refractivity contribution in [1.82, 2.24) is 0 Å². The Hall–Kier alpha value is -2.80. The molecule has 1 aliphatic carbocycles. The highest BCUT2D eigenvalue weighted by Crippen LogP contribution is 2.57. The van der Waals surface area contributed by atoms with E-state index in [0.29, 0.717) is 52.0 Å². The monoisotopic (exact) mass is 432 g/mol. The van der Waals surface area contributed by atoms with Crippen molar-refractivity contribution < 1.29 is 33.5 Å². The van der Waals surface area contributed by atoms with Crippen molar-refractivity contribution in [3.05, 3.63) is 23.3 Å². The lowest BCUT2D eigenvalue weighted by molar-refractivity contribution is 0.0862. The van der Waals surface area contributed by atoms with Crippen LogP contribution in [0.2, 0.25) is 0 Å². The van der Waals surface area contributed by atoms with Gasteiger partial charge in [-0.2, -0.15) is 0 Å². The first-order valence-electron chi connectivity index (χ1n) is 10.2. The van der Waals surface area contributed by atoms with Gasteiger partial charge in [0, 0.05) is 11.1 Å². The largest absolute Gasteiger partial charge is 0.493 e. The maximum atomic E-state index is 11.4. The van der Waals surface area contributed by atoms with E-state index in [1.54, 1.807) is 42.7 Å². The van der Waals surface area contributed by atoms with Gasteiger partial charge in [0.15, 0.2) is 23.0 Å². The Balaban J connectivity index is 2.56. The lowest BCUT2D eigenvalue weighted by Crippen LogP contribution is -2.23. The van der Waals surface area contributed by atoms with Gasteiger partial charge in [-0.25, -0.2) is 0 Å². The summed E-state index contributed by atoms with van der Waals surface area (Å²) in [5.41, 5.74) is 3.16. The average molecular weight is 433 g/mol. The molecule has 1 N–H and O–H groups in total. The second-order valence-corrected chi connectivity index (χ2v) is 7.77. The van der Waals surface area contributed by atoms with E-state index in [1.165, 1.54) is 0 Å². The number of methoxy groups -OCH3 is 6. The van der Waals surface area contributed by atoms with Crippen LogP contribution in [-0.4, -0.2) is 47.8 Å². The van der Waals surface area contributed by atoms with E-state index in [9.17, 15) is 5.11 Å². The highest BCUT2D eigenvalue weighted by atomic mass is 16.5. The summed E-state index contributed by atoms with van der Waals surface area (Å²) in [4.78, 5) is 0. The van der Waals surface area contributed by atoms with Crippen molar-refractivity contribution in [2.45, 2.75) is 26.4 Å². The fraction of sp³-hybridized carbons (Fsp3) is 0.500. The molecule has 0 saturated heterocycles. The Morgan fingerprint density at radius 3 is 1.65 bits per heavy atom. The molecule has 170 valence electrons. The van der Waals surface area contributed by atoms with Crippen LogP contribution in [-0.2, 0) is 6.42 Å². The zero-order valence-electron chi connectivity index (χ0n) is 19.5. The van der Waals surface area contributed by atoms with E-state index in [2.05, 4.69) is 6.92 Å². The van der Waals surface area contributed by atoms with Crippen LogP contribution in [0.5, 0.6) is 34.5 Å². The van der Waals surface area contributed by atoms with Crippen LogP contribution < -0.4 is 28.4 Å². The van der Waals surface area contributed by atoms with Gasteiger partial charge in [0.2, 0.25) is 11.5 Å². The molecular weight excluding hydrogens is 400 g/mol. The Labute approximate surface area is 183 Å². The quantitative estimate of drug-likeness (QED) is 0.731. The minimum Gasteiger partial charge on any atom is -0.493 e. The van der Waals surface area contributed by atoms with E-state index < -0.39 is 6.10 Å². The van der Waals surface area contributed by atoms with Crippen LogP contribution in [0.15, 0.2) is 12.1 Å². The van der Waals surface area contributed by atoms with Crippen LogP contribution in [0.3, 0.4) is 0 Å². The molecule has 3 rings (SSSR count). The minimum absolute atomic E-state index is 0.0196. The van der Waals surface area contributed by atoms with E-state index >= 15 is 0 Å². The molecule has 0 heterocycles. The molecule has 2 aromatic carbocycles. The number of hydrogen-bond donors (Lipinski definition) is 1. The van der Waals surface area contributed by atoms with E-state index in [-0.39, 0.29) is 11.8 Å². The zero-order chi connectivity index (χ0) is 22.9. The van der Waals surface area contributed by atoms with Crippen molar-refractivity contribution in [2.75, 3.05) is 42.7 Å². The molecule has 0 aliphatic heterocycles. The number of hydrogen-bond acceptors (Lipinski definition) is 7. The van der Waals surface area contributed by atoms with Crippen LogP contribution in [0.25, 0.3) is 11.1 Å². The maximum absolute atomic E-state index is 11.4. The van der Waals surface area contributed by atoms with Gasteiger partial charge < -0.3 is 33.5 Å². The lowest BCUT2D eigenvalue weighted by Gasteiger charge is -2.33. The molecule has 0 fully saturated rings. The number of fused-ring (bicyclic) bond motifs is 3. The summed E-state index contributed by atoms with van der Waals surface area (Å²) in [6.45, 7) is 4.18. The Kier molecular flexibility index (Phi) is 6.74. The standard InChI is InChI=1S/C24H32O7/c1-12-9-14-10-16(26-3)21(28-5)23(30-7)18(14)19-15(20(25)13(12)2)11-17(27-4)22(29-6)24(19)31-8/h10-13,20,25H,9H2,1-8H3/t12-,13-,20-/m0/s1. The second-order valence-electron chi connectivity index (χ2n) is 7.77. The van der Waals surface area contributed by atoms with Crippen LogP contribution in [0, 0.1) is 11.8 Å². The summed E-state index contributed by atoms with van der Waals surface area (Å²) < 4.78 is 34.1. The van der Waals surface area contributed by atoms with Crippen LogP contribution in [0.1, 0.15) is 31.1 Å². The molecular formula is C24H32O7. The predicted molar refractivity (Wildman–Crippen MR) is 118 cm³/mol. The number of benzene rings is 2. The molecule has 0 saturated carbocycles. The molecule has 0 bridgehead atoms. The number of ether oxygens (including phenoxy) is 6. The molecule has 7 heteroatoms. The first-order valence-corrected chi connectivity index (χ1v) is 10.2. The van der Waals surface area contributed by atoms with Gasteiger partial charge in [0.25, 0.3) is 0 Å². The number of aliphatic hydroxyl groups is 1. The molecule has 1 aliphatic rings. The summed E-state index contributed by atoms with van der Waals surface area (Å²) in [5, 5.41) is 11.4. The Bertz CT molecular complexity index is 954. The maximum Gasteiger partial charge on any atom is 0.203 e. The normalized spacial score (nSPS) is 20.0. The Morgan fingerprint density at radius 2 is 1.16 bits per heavy atom. The van der Waals surface area contributed by atoms with Gasteiger partial charge in [-0.3, -0.25) is 0 Å². The summed E-state index contributed by atoms with van der Waals surface area (Å²) in [6.07, 6.45) is -0.0361. The van der Waals surface area contributed by atoms with Gasteiger partial charge in [0.1, 0.15) is 0 Å².